The molecular weight excluding hydrogens is 194 g/mol. The van der Waals surface area contributed by atoms with Crippen molar-refractivity contribution in [1.82, 2.24) is 9.80 Å². The van der Waals surface area contributed by atoms with E-state index in [2.05, 4.69) is 0 Å². The molecule has 15 heavy (non-hydrogen) atoms. The van der Waals surface area contributed by atoms with Crippen LogP contribution in [0.15, 0.2) is 11.9 Å². The summed E-state index contributed by atoms with van der Waals surface area (Å²) in [6, 6.07) is 2.01. The predicted octanol–water partition coefficient (Wildman–Crippen LogP) is 1.14. The highest BCUT2D eigenvalue weighted by Gasteiger charge is 2.42. The largest absolute Gasteiger partial charge is 0.447 e. The van der Waals surface area contributed by atoms with Gasteiger partial charge in [-0.05, 0) is 13.8 Å². The Morgan fingerprint density at radius 3 is 2.60 bits per heavy atom. The molecule has 0 N–H and O–H groups in total. The number of allylic oxidation sites excluding steroid dienone is 1. The first kappa shape index (κ1) is 11.4. The molecule has 0 unspecified atom stereocenters. The second-order valence-electron chi connectivity index (χ2n) is 4.29. The summed E-state index contributed by atoms with van der Waals surface area (Å²) < 4.78 is 4.92. The first-order valence-electron chi connectivity index (χ1n) is 4.64. The molecule has 0 radical (unpaired) electrons. The summed E-state index contributed by atoms with van der Waals surface area (Å²) in [5.41, 5.74) is -0.165. The van der Waals surface area contributed by atoms with Crippen molar-refractivity contribution >= 4 is 6.09 Å². The van der Waals surface area contributed by atoms with E-state index >= 15 is 0 Å². The molecule has 1 saturated heterocycles. The van der Waals surface area contributed by atoms with Crippen LogP contribution < -0.4 is 0 Å². The molecule has 1 aliphatic heterocycles. The van der Waals surface area contributed by atoms with Crippen molar-refractivity contribution in [3.05, 3.63) is 11.9 Å². The molecule has 5 nitrogen and oxygen atoms in total. The zero-order valence-electron chi connectivity index (χ0n) is 9.44. The molecule has 0 aromatic heterocycles. The van der Waals surface area contributed by atoms with Gasteiger partial charge in [-0.3, -0.25) is 4.90 Å². The third-order valence-corrected chi connectivity index (χ3v) is 2.07. The molecular formula is C10H15N3O2. The molecule has 0 spiro atoms. The maximum Gasteiger partial charge on any atom is 0.415 e. The van der Waals surface area contributed by atoms with E-state index in [1.807, 2.05) is 19.9 Å². The Hall–Kier alpha value is -1.70. The van der Waals surface area contributed by atoms with Gasteiger partial charge in [0.2, 0.25) is 0 Å². The summed E-state index contributed by atoms with van der Waals surface area (Å²) in [5, 5.41) is 8.99. The second kappa shape index (κ2) is 3.81. The van der Waals surface area contributed by atoms with Crippen molar-refractivity contribution < 1.29 is 9.53 Å². The molecule has 5 heteroatoms. The zero-order valence-corrected chi connectivity index (χ0v) is 9.44. The number of rotatable bonds is 2. The van der Waals surface area contributed by atoms with E-state index in [0.29, 0.717) is 12.3 Å². The fourth-order valence-electron chi connectivity index (χ4n) is 1.42. The minimum atomic E-state index is -0.464. The Labute approximate surface area is 89.5 Å². The monoisotopic (exact) mass is 209 g/mol. The van der Waals surface area contributed by atoms with E-state index in [1.165, 1.54) is 4.90 Å². The van der Waals surface area contributed by atoms with Gasteiger partial charge in [0.05, 0.1) is 5.54 Å². The highest BCUT2D eigenvalue weighted by Crippen LogP contribution is 2.27. The normalized spacial score (nSPS) is 19.8. The highest BCUT2D eigenvalue weighted by atomic mass is 16.6. The van der Waals surface area contributed by atoms with Crippen LogP contribution in [0, 0.1) is 11.3 Å². The smallest absolute Gasteiger partial charge is 0.415 e. The van der Waals surface area contributed by atoms with E-state index < -0.39 is 11.6 Å². The lowest BCUT2D eigenvalue weighted by Gasteiger charge is -2.27. The number of carbonyl (C=O) groups excluding carboxylic acids is 1. The van der Waals surface area contributed by atoms with Crippen LogP contribution in [-0.4, -0.2) is 42.1 Å². The third-order valence-electron chi connectivity index (χ3n) is 2.07. The Morgan fingerprint density at radius 1 is 1.67 bits per heavy atom. The van der Waals surface area contributed by atoms with Crippen molar-refractivity contribution in [2.45, 2.75) is 19.4 Å². The van der Waals surface area contributed by atoms with Gasteiger partial charge in [-0.25, -0.2) is 4.79 Å². The van der Waals surface area contributed by atoms with Crippen molar-refractivity contribution in [2.75, 3.05) is 20.7 Å². The second-order valence-corrected chi connectivity index (χ2v) is 4.29. The first-order valence-corrected chi connectivity index (χ1v) is 4.64. The van der Waals surface area contributed by atoms with Crippen LogP contribution in [0.5, 0.6) is 0 Å². The van der Waals surface area contributed by atoms with Gasteiger partial charge in [0.15, 0.2) is 0 Å². The van der Waals surface area contributed by atoms with Crippen LogP contribution in [-0.2, 0) is 4.74 Å². The van der Waals surface area contributed by atoms with Crippen LogP contribution in [0.1, 0.15) is 13.8 Å². The molecule has 1 rings (SSSR count). The topological polar surface area (TPSA) is 56.6 Å². The van der Waals surface area contributed by atoms with Crippen molar-refractivity contribution in [3.8, 4) is 6.07 Å². The molecule has 0 aliphatic carbocycles. The summed E-state index contributed by atoms with van der Waals surface area (Å²) in [5.74, 6) is 0. The Morgan fingerprint density at radius 2 is 2.27 bits per heavy atom. The number of nitriles is 1. The van der Waals surface area contributed by atoms with Gasteiger partial charge in [0, 0.05) is 20.3 Å². The first-order chi connectivity index (χ1) is 6.88. The Kier molecular flexibility index (Phi) is 2.89. The molecule has 1 fully saturated rings. The highest BCUT2D eigenvalue weighted by molar-refractivity contribution is 5.74. The lowest BCUT2D eigenvalue weighted by molar-refractivity contribution is 0.164. The van der Waals surface area contributed by atoms with Crippen LogP contribution >= 0.6 is 0 Å². The van der Waals surface area contributed by atoms with Gasteiger partial charge < -0.3 is 9.64 Å². The van der Waals surface area contributed by atoms with E-state index in [1.54, 1.807) is 25.2 Å². The number of nitrogens with zero attached hydrogens (tertiary/aromatic N) is 3. The standard InChI is InChI=1S/C10H15N3O2/c1-10(2)7-15-9(14)13(10)8(5-11)6-12(3)4/h6H,7H2,1-4H3. The summed E-state index contributed by atoms with van der Waals surface area (Å²) in [7, 11) is 3.59. The van der Waals surface area contributed by atoms with E-state index in [4.69, 9.17) is 10.00 Å². The SMILES string of the molecule is CN(C)C=C(C#N)N1C(=O)OCC1(C)C. The van der Waals surface area contributed by atoms with Crippen molar-refractivity contribution in [1.29, 1.82) is 5.26 Å². The van der Waals surface area contributed by atoms with Gasteiger partial charge in [0.1, 0.15) is 18.4 Å². The minimum Gasteiger partial charge on any atom is -0.447 e. The van der Waals surface area contributed by atoms with E-state index in [0.717, 1.165) is 0 Å². The van der Waals surface area contributed by atoms with E-state index in [-0.39, 0.29) is 0 Å². The minimum absolute atomic E-state index is 0.299. The average Bonchev–Trinajstić information content (AvgIpc) is 2.37. The number of hydrogen-bond acceptors (Lipinski definition) is 4. The number of amides is 1. The average molecular weight is 209 g/mol. The number of carbonyl (C=O) groups is 1. The molecule has 1 heterocycles. The molecule has 1 amide bonds. The summed E-state index contributed by atoms with van der Waals surface area (Å²) in [6.07, 6.45) is 1.14. The summed E-state index contributed by atoms with van der Waals surface area (Å²) in [4.78, 5) is 14.6. The Balaban J connectivity index is 3.04. The van der Waals surface area contributed by atoms with Crippen LogP contribution in [0.3, 0.4) is 0 Å². The fraction of sp³-hybridized carbons (Fsp3) is 0.600. The molecule has 0 atom stereocenters. The van der Waals surface area contributed by atoms with E-state index in [9.17, 15) is 4.79 Å². The summed E-state index contributed by atoms with van der Waals surface area (Å²) >= 11 is 0. The molecule has 0 aromatic carbocycles. The van der Waals surface area contributed by atoms with Gasteiger partial charge in [-0.2, -0.15) is 5.26 Å². The maximum absolute atomic E-state index is 11.5. The Bertz CT molecular complexity index is 339. The molecule has 0 bridgehead atoms. The maximum atomic E-state index is 11.5. The third kappa shape index (κ3) is 2.21. The lowest BCUT2D eigenvalue weighted by atomic mass is 10.1. The van der Waals surface area contributed by atoms with Crippen molar-refractivity contribution in [3.63, 3.8) is 0 Å². The van der Waals surface area contributed by atoms with Crippen molar-refractivity contribution in [2.24, 2.45) is 0 Å². The number of hydrogen-bond donors (Lipinski definition) is 0. The van der Waals surface area contributed by atoms with Gasteiger partial charge in [-0.1, -0.05) is 0 Å². The fourth-order valence-corrected chi connectivity index (χ4v) is 1.42. The predicted molar refractivity (Wildman–Crippen MR) is 54.6 cm³/mol. The molecule has 1 aliphatic rings. The number of cyclic esters (lactones) is 1. The van der Waals surface area contributed by atoms with Crippen LogP contribution in [0.4, 0.5) is 4.79 Å². The molecule has 82 valence electrons. The zero-order chi connectivity index (χ0) is 11.6. The molecule has 0 saturated carbocycles. The van der Waals surface area contributed by atoms with Gasteiger partial charge in [-0.15, -0.1) is 0 Å². The van der Waals surface area contributed by atoms with Crippen LogP contribution in [0.25, 0.3) is 0 Å². The number of ether oxygens (including phenoxy) is 1. The van der Waals surface area contributed by atoms with Crippen LogP contribution in [0.2, 0.25) is 0 Å². The van der Waals surface area contributed by atoms with Gasteiger partial charge >= 0.3 is 6.09 Å². The van der Waals surface area contributed by atoms with Gasteiger partial charge in [0.25, 0.3) is 0 Å². The quantitative estimate of drug-likeness (QED) is 0.640. The summed E-state index contributed by atoms with van der Waals surface area (Å²) in [6.45, 7) is 4.02. The lowest BCUT2D eigenvalue weighted by Crippen LogP contribution is -2.41. The molecule has 0 aromatic rings.